The van der Waals surface area contributed by atoms with Gasteiger partial charge >= 0.3 is 0 Å². The van der Waals surface area contributed by atoms with Crippen LogP contribution < -0.4 is 10.6 Å². The molecule has 0 aromatic carbocycles. The maximum atomic E-state index is 12.5. The first kappa shape index (κ1) is 12.5. The van der Waals surface area contributed by atoms with Crippen molar-refractivity contribution in [3.8, 4) is 0 Å². The van der Waals surface area contributed by atoms with Gasteiger partial charge in [-0.15, -0.1) is 0 Å². The van der Waals surface area contributed by atoms with Gasteiger partial charge in [0.05, 0.1) is 23.5 Å². The van der Waals surface area contributed by atoms with E-state index in [9.17, 15) is 14.4 Å². The average molecular weight is 286 g/mol. The van der Waals surface area contributed by atoms with Crippen LogP contribution in [-0.2, 0) is 29.2 Å². The van der Waals surface area contributed by atoms with Gasteiger partial charge in [-0.3, -0.25) is 24.7 Å². The van der Waals surface area contributed by atoms with Gasteiger partial charge < -0.3 is 10.2 Å². The average Bonchev–Trinajstić information content (AvgIpc) is 3.02. The fraction of sp³-hybridized carbons (Fsp3) is 0.429. The topological polar surface area (TPSA) is 91.4 Å². The zero-order valence-electron chi connectivity index (χ0n) is 11.3. The highest BCUT2D eigenvalue weighted by molar-refractivity contribution is 6.05. The lowest BCUT2D eigenvalue weighted by Crippen LogP contribution is -2.52. The minimum Gasteiger partial charge on any atom is -0.321 e. The molecule has 1 saturated heterocycles. The Balaban J connectivity index is 1.64. The van der Waals surface area contributed by atoms with Gasteiger partial charge in [-0.05, 0) is 18.1 Å². The van der Waals surface area contributed by atoms with Crippen molar-refractivity contribution in [1.29, 1.82) is 0 Å². The monoisotopic (exact) mass is 286 g/mol. The van der Waals surface area contributed by atoms with Crippen molar-refractivity contribution in [1.82, 2.24) is 20.5 Å². The van der Waals surface area contributed by atoms with E-state index < -0.39 is 6.04 Å². The highest BCUT2D eigenvalue weighted by atomic mass is 16.2. The lowest BCUT2D eigenvalue weighted by Gasteiger charge is -2.29. The van der Waals surface area contributed by atoms with Crippen LogP contribution in [0.25, 0.3) is 0 Å². The Morgan fingerprint density at radius 3 is 2.86 bits per heavy atom. The third-order valence-electron chi connectivity index (χ3n) is 4.28. The van der Waals surface area contributed by atoms with E-state index in [-0.39, 0.29) is 24.1 Å². The minimum atomic E-state index is -0.572. The van der Waals surface area contributed by atoms with Gasteiger partial charge in [0, 0.05) is 19.5 Å². The molecule has 1 fully saturated rings. The van der Waals surface area contributed by atoms with Crippen LogP contribution in [0, 0.1) is 0 Å². The smallest absolute Gasteiger partial charge is 0.256 e. The van der Waals surface area contributed by atoms with E-state index in [4.69, 9.17) is 0 Å². The first-order valence-electron chi connectivity index (χ1n) is 7.00. The number of hydrogen-bond acceptors (Lipinski definition) is 5. The van der Waals surface area contributed by atoms with Crippen molar-refractivity contribution < 1.29 is 14.4 Å². The Morgan fingerprint density at radius 1 is 1.19 bits per heavy atom. The van der Waals surface area contributed by atoms with Crippen LogP contribution in [0.1, 0.15) is 40.2 Å². The van der Waals surface area contributed by atoms with E-state index in [0.29, 0.717) is 18.5 Å². The summed E-state index contributed by atoms with van der Waals surface area (Å²) in [7, 11) is 0. The number of rotatable bonds is 1. The normalized spacial score (nSPS) is 24.1. The van der Waals surface area contributed by atoms with Crippen molar-refractivity contribution >= 4 is 17.7 Å². The SMILES string of the molecule is O=C1CCC(N2Cc3nc4c(cc3C2=O)CNC4)C(=O)N1. The lowest BCUT2D eigenvalue weighted by atomic mass is 10.0. The van der Waals surface area contributed by atoms with Crippen LogP contribution in [0.5, 0.6) is 0 Å². The van der Waals surface area contributed by atoms with Gasteiger partial charge in [-0.2, -0.15) is 0 Å². The molecule has 7 nitrogen and oxygen atoms in total. The first-order chi connectivity index (χ1) is 10.1. The summed E-state index contributed by atoms with van der Waals surface area (Å²) in [4.78, 5) is 41.7. The molecule has 3 amide bonds. The van der Waals surface area contributed by atoms with E-state index in [2.05, 4.69) is 15.6 Å². The fourth-order valence-electron chi connectivity index (χ4n) is 3.18. The predicted molar refractivity (Wildman–Crippen MR) is 70.8 cm³/mol. The molecule has 0 saturated carbocycles. The molecule has 7 heteroatoms. The molecule has 0 aliphatic carbocycles. The molecule has 3 aliphatic rings. The summed E-state index contributed by atoms with van der Waals surface area (Å²) in [6.45, 7) is 1.78. The summed E-state index contributed by atoms with van der Waals surface area (Å²) < 4.78 is 0. The number of nitrogens with zero attached hydrogens (tertiary/aromatic N) is 2. The summed E-state index contributed by atoms with van der Waals surface area (Å²) in [5, 5.41) is 5.50. The summed E-state index contributed by atoms with van der Waals surface area (Å²) in [5.41, 5.74) is 3.34. The second-order valence-corrected chi connectivity index (χ2v) is 5.59. The molecule has 0 spiro atoms. The number of carbonyl (C=O) groups excluding carboxylic acids is 3. The molecule has 0 bridgehead atoms. The Hall–Kier alpha value is -2.28. The van der Waals surface area contributed by atoms with Gasteiger partial charge in [0.15, 0.2) is 0 Å². The molecule has 3 aliphatic heterocycles. The molecule has 1 atom stereocenters. The summed E-state index contributed by atoms with van der Waals surface area (Å²) in [6, 6.07) is 1.31. The molecule has 1 unspecified atom stereocenters. The number of nitrogens with one attached hydrogen (secondary N) is 2. The number of carbonyl (C=O) groups is 3. The molecule has 1 aromatic heterocycles. The van der Waals surface area contributed by atoms with Crippen molar-refractivity contribution in [2.24, 2.45) is 0 Å². The number of hydrogen-bond donors (Lipinski definition) is 2. The largest absolute Gasteiger partial charge is 0.321 e. The van der Waals surface area contributed by atoms with Gasteiger partial charge in [0.2, 0.25) is 11.8 Å². The first-order valence-corrected chi connectivity index (χ1v) is 7.00. The van der Waals surface area contributed by atoms with Crippen molar-refractivity contribution in [2.45, 2.75) is 38.5 Å². The minimum absolute atomic E-state index is 0.165. The van der Waals surface area contributed by atoms with Crippen LogP contribution in [0.2, 0.25) is 0 Å². The third-order valence-corrected chi connectivity index (χ3v) is 4.28. The second-order valence-electron chi connectivity index (χ2n) is 5.59. The van der Waals surface area contributed by atoms with Crippen molar-refractivity contribution in [2.75, 3.05) is 0 Å². The quantitative estimate of drug-likeness (QED) is 0.676. The van der Waals surface area contributed by atoms with Crippen LogP contribution >= 0.6 is 0 Å². The number of pyridine rings is 1. The molecule has 4 heterocycles. The third kappa shape index (κ3) is 1.84. The van der Waals surface area contributed by atoms with Crippen LogP contribution in [-0.4, -0.2) is 33.6 Å². The fourth-order valence-corrected chi connectivity index (χ4v) is 3.18. The predicted octanol–water partition coefficient (Wildman–Crippen LogP) is -0.554. The molecule has 2 N–H and O–H groups in total. The van der Waals surface area contributed by atoms with E-state index in [1.165, 1.54) is 4.90 Å². The van der Waals surface area contributed by atoms with Gasteiger partial charge in [-0.1, -0.05) is 0 Å². The number of amides is 3. The van der Waals surface area contributed by atoms with E-state index in [1.807, 2.05) is 6.07 Å². The number of aromatic nitrogens is 1. The molecular weight excluding hydrogens is 272 g/mol. The maximum absolute atomic E-state index is 12.5. The molecular formula is C14H14N4O3. The van der Waals surface area contributed by atoms with Crippen LogP contribution in [0.4, 0.5) is 0 Å². The highest BCUT2D eigenvalue weighted by Gasteiger charge is 2.40. The zero-order chi connectivity index (χ0) is 14.6. The number of piperidine rings is 1. The van der Waals surface area contributed by atoms with Gasteiger partial charge in [0.25, 0.3) is 5.91 Å². The van der Waals surface area contributed by atoms with Gasteiger partial charge in [0.1, 0.15) is 6.04 Å². The van der Waals surface area contributed by atoms with Crippen molar-refractivity contribution in [3.05, 3.63) is 28.6 Å². The summed E-state index contributed by atoms with van der Waals surface area (Å²) in [5.74, 6) is -0.827. The number of fused-ring (bicyclic) bond motifs is 2. The lowest BCUT2D eigenvalue weighted by molar-refractivity contribution is -0.136. The molecule has 4 rings (SSSR count). The summed E-state index contributed by atoms with van der Waals surface area (Å²) in [6.07, 6.45) is 0.649. The molecule has 21 heavy (non-hydrogen) atoms. The van der Waals surface area contributed by atoms with Gasteiger partial charge in [-0.25, -0.2) is 0 Å². The molecule has 108 valence electrons. The van der Waals surface area contributed by atoms with E-state index >= 15 is 0 Å². The van der Waals surface area contributed by atoms with Crippen molar-refractivity contribution in [3.63, 3.8) is 0 Å². The van der Waals surface area contributed by atoms with E-state index in [0.717, 1.165) is 30.0 Å². The highest BCUT2D eigenvalue weighted by Crippen LogP contribution is 2.28. The Bertz CT molecular complexity index is 685. The Labute approximate surface area is 120 Å². The standard InChI is InChI=1S/C14H14N4O3/c19-12-2-1-11(13(20)17-12)18-6-10-8(14(18)21)3-7-4-15-5-9(7)16-10/h3,11,15H,1-2,4-6H2,(H,17,19,20). The van der Waals surface area contributed by atoms with E-state index in [1.54, 1.807) is 0 Å². The maximum Gasteiger partial charge on any atom is 0.256 e. The number of imide groups is 1. The Kier molecular flexibility index (Phi) is 2.58. The second kappa shape index (κ2) is 4.36. The zero-order valence-corrected chi connectivity index (χ0v) is 11.3. The molecule has 1 aromatic rings. The van der Waals surface area contributed by atoms with Crippen LogP contribution in [0.15, 0.2) is 6.07 Å². The summed E-state index contributed by atoms with van der Waals surface area (Å²) >= 11 is 0. The van der Waals surface area contributed by atoms with Crippen LogP contribution in [0.3, 0.4) is 0 Å². The molecule has 0 radical (unpaired) electrons. The Morgan fingerprint density at radius 2 is 2.05 bits per heavy atom.